The molecule has 0 N–H and O–H groups in total. The van der Waals surface area contributed by atoms with E-state index in [0.29, 0.717) is 57.2 Å². The van der Waals surface area contributed by atoms with E-state index in [1.165, 1.54) is 4.90 Å². The number of likely N-dealkylation sites (tertiary alicyclic amines) is 1. The number of nitrogens with zero attached hydrogens (tertiary/aromatic N) is 3. The van der Waals surface area contributed by atoms with Gasteiger partial charge >= 0.3 is 6.03 Å². The summed E-state index contributed by atoms with van der Waals surface area (Å²) in [7, 11) is 1.61. The monoisotopic (exact) mass is 473 g/mol. The minimum Gasteiger partial charge on any atom is -0.460 e. The summed E-state index contributed by atoms with van der Waals surface area (Å²) in [6, 6.07) is 11.4. The third-order valence-electron chi connectivity index (χ3n) is 6.55. The molecule has 2 aliphatic rings. The summed E-state index contributed by atoms with van der Waals surface area (Å²) >= 11 is 6.30. The second-order valence-electron chi connectivity index (χ2n) is 9.29. The maximum atomic E-state index is 13.4. The molecule has 0 radical (unpaired) electrons. The van der Waals surface area contributed by atoms with Crippen molar-refractivity contribution in [2.75, 3.05) is 39.9 Å². The Morgan fingerprint density at radius 1 is 1.12 bits per heavy atom. The van der Waals surface area contributed by atoms with Crippen LogP contribution in [0.5, 0.6) is 0 Å². The van der Waals surface area contributed by atoms with Crippen LogP contribution < -0.4 is 0 Å². The first-order valence-electron chi connectivity index (χ1n) is 11.5. The number of hydrogen-bond donors (Lipinski definition) is 0. The van der Waals surface area contributed by atoms with E-state index in [1.54, 1.807) is 12.0 Å². The minimum absolute atomic E-state index is 0.0593. The molecule has 4 rings (SSSR count). The van der Waals surface area contributed by atoms with Crippen molar-refractivity contribution in [2.24, 2.45) is 5.92 Å². The zero-order valence-corrected chi connectivity index (χ0v) is 20.3. The topological polar surface area (TPSA) is 66.2 Å². The number of ether oxygens (including phenoxy) is 1. The van der Waals surface area contributed by atoms with Gasteiger partial charge in [0.15, 0.2) is 0 Å². The maximum absolute atomic E-state index is 13.4. The Kier molecular flexibility index (Phi) is 7.12. The van der Waals surface area contributed by atoms with Crippen LogP contribution in [0, 0.1) is 5.92 Å². The molecule has 3 amide bonds. The van der Waals surface area contributed by atoms with E-state index < -0.39 is 5.54 Å². The lowest BCUT2D eigenvalue weighted by Crippen LogP contribution is -2.57. The summed E-state index contributed by atoms with van der Waals surface area (Å²) in [5.41, 5.74) is 0.101. The lowest BCUT2D eigenvalue weighted by atomic mass is 9.85. The van der Waals surface area contributed by atoms with Gasteiger partial charge in [0.1, 0.15) is 17.1 Å². The largest absolute Gasteiger partial charge is 0.460 e. The molecule has 2 fully saturated rings. The van der Waals surface area contributed by atoms with Gasteiger partial charge in [-0.15, -0.1) is 0 Å². The Morgan fingerprint density at radius 2 is 1.85 bits per heavy atom. The number of carbonyl (C=O) groups is 2. The number of carbonyl (C=O) groups excluding carboxylic acids is 2. The van der Waals surface area contributed by atoms with Crippen LogP contribution in [-0.4, -0.2) is 72.1 Å². The van der Waals surface area contributed by atoms with Crippen LogP contribution in [0.2, 0.25) is 5.02 Å². The second-order valence-corrected chi connectivity index (χ2v) is 9.70. The molecular formula is C25H32ClN3O4. The predicted octanol–water partition coefficient (Wildman–Crippen LogP) is 4.50. The van der Waals surface area contributed by atoms with E-state index in [0.717, 1.165) is 17.1 Å². The van der Waals surface area contributed by atoms with Crippen LogP contribution in [0.15, 0.2) is 40.8 Å². The van der Waals surface area contributed by atoms with Gasteiger partial charge in [-0.3, -0.25) is 14.6 Å². The van der Waals surface area contributed by atoms with Crippen molar-refractivity contribution < 1.29 is 18.7 Å². The maximum Gasteiger partial charge on any atom is 0.327 e. The smallest absolute Gasteiger partial charge is 0.327 e. The average Bonchev–Trinajstić information content (AvgIpc) is 3.32. The molecule has 1 aromatic carbocycles. The number of amides is 3. The number of piperidine rings is 1. The molecule has 2 aromatic rings. The molecule has 2 aliphatic heterocycles. The number of imide groups is 1. The molecule has 7 nitrogen and oxygen atoms in total. The van der Waals surface area contributed by atoms with Crippen LogP contribution in [0.4, 0.5) is 4.79 Å². The van der Waals surface area contributed by atoms with Crippen LogP contribution in [0.25, 0.3) is 11.3 Å². The number of urea groups is 1. The molecule has 0 aliphatic carbocycles. The molecule has 33 heavy (non-hydrogen) atoms. The highest BCUT2D eigenvalue weighted by Gasteiger charge is 2.57. The van der Waals surface area contributed by atoms with Crippen molar-refractivity contribution in [3.05, 3.63) is 47.2 Å². The lowest BCUT2D eigenvalue weighted by Gasteiger charge is -2.42. The Labute approximate surface area is 200 Å². The first-order valence-corrected chi connectivity index (χ1v) is 11.9. The third-order valence-corrected chi connectivity index (χ3v) is 6.88. The molecule has 3 heterocycles. The summed E-state index contributed by atoms with van der Waals surface area (Å²) in [4.78, 5) is 32.0. The molecule has 0 saturated carbocycles. The van der Waals surface area contributed by atoms with Gasteiger partial charge in [0.05, 0.1) is 18.2 Å². The van der Waals surface area contributed by atoms with E-state index in [-0.39, 0.29) is 17.9 Å². The fraction of sp³-hybridized carbons (Fsp3) is 0.520. The summed E-state index contributed by atoms with van der Waals surface area (Å²) in [5, 5.41) is 0.657. The highest BCUT2D eigenvalue weighted by atomic mass is 35.5. The second kappa shape index (κ2) is 9.87. The van der Waals surface area contributed by atoms with E-state index in [1.807, 2.05) is 50.2 Å². The van der Waals surface area contributed by atoms with E-state index in [4.69, 9.17) is 20.8 Å². The van der Waals surface area contributed by atoms with Crippen molar-refractivity contribution in [1.29, 1.82) is 0 Å². The fourth-order valence-corrected chi connectivity index (χ4v) is 5.08. The zero-order valence-electron chi connectivity index (χ0n) is 19.6. The third kappa shape index (κ3) is 4.67. The van der Waals surface area contributed by atoms with Gasteiger partial charge < -0.3 is 14.1 Å². The quantitative estimate of drug-likeness (QED) is 0.528. The summed E-state index contributed by atoms with van der Waals surface area (Å²) in [6.07, 6.45) is 1.21. The van der Waals surface area contributed by atoms with Gasteiger partial charge in [-0.2, -0.15) is 0 Å². The number of hydrogen-bond acceptors (Lipinski definition) is 5. The molecule has 8 heteroatoms. The highest BCUT2D eigenvalue weighted by molar-refractivity contribution is 6.33. The van der Waals surface area contributed by atoms with Crippen molar-refractivity contribution in [2.45, 2.75) is 38.8 Å². The first kappa shape index (κ1) is 23.8. The molecule has 1 aromatic heterocycles. The fourth-order valence-electron chi connectivity index (χ4n) is 4.85. The lowest BCUT2D eigenvalue weighted by molar-refractivity contribution is -0.136. The van der Waals surface area contributed by atoms with Gasteiger partial charge in [-0.05, 0) is 43.0 Å². The number of halogens is 1. The highest BCUT2D eigenvalue weighted by Crippen LogP contribution is 2.38. The van der Waals surface area contributed by atoms with Gasteiger partial charge in [0, 0.05) is 38.9 Å². The Morgan fingerprint density at radius 3 is 2.52 bits per heavy atom. The molecule has 0 bridgehead atoms. The predicted molar refractivity (Wildman–Crippen MR) is 127 cm³/mol. The number of furan rings is 1. The van der Waals surface area contributed by atoms with E-state index in [9.17, 15) is 9.59 Å². The Bertz CT molecular complexity index is 997. The Balaban J connectivity index is 1.45. The Hall–Kier alpha value is -2.35. The number of benzene rings is 1. The van der Waals surface area contributed by atoms with E-state index in [2.05, 4.69) is 4.90 Å². The van der Waals surface area contributed by atoms with Gasteiger partial charge in [0.25, 0.3) is 5.91 Å². The number of rotatable bonds is 8. The van der Waals surface area contributed by atoms with E-state index >= 15 is 0 Å². The average molecular weight is 474 g/mol. The van der Waals surface area contributed by atoms with Crippen molar-refractivity contribution in [3.8, 4) is 11.3 Å². The van der Waals surface area contributed by atoms with Gasteiger partial charge in [-0.25, -0.2) is 4.79 Å². The molecule has 178 valence electrons. The summed E-state index contributed by atoms with van der Waals surface area (Å²) in [6.45, 7) is 7.40. The van der Waals surface area contributed by atoms with Gasteiger partial charge in [0.2, 0.25) is 0 Å². The van der Waals surface area contributed by atoms with Gasteiger partial charge in [-0.1, -0.05) is 37.6 Å². The minimum atomic E-state index is -0.771. The van der Waals surface area contributed by atoms with Crippen LogP contribution >= 0.6 is 11.6 Å². The molecule has 2 saturated heterocycles. The van der Waals surface area contributed by atoms with Crippen LogP contribution in [0.3, 0.4) is 0 Å². The van der Waals surface area contributed by atoms with Crippen molar-refractivity contribution in [3.63, 3.8) is 0 Å². The number of methoxy groups -OCH3 is 1. The van der Waals surface area contributed by atoms with Crippen LogP contribution in [0.1, 0.15) is 32.4 Å². The normalized spacial score (nSPS) is 18.8. The molecule has 0 unspecified atom stereocenters. The first-order chi connectivity index (χ1) is 15.9. The molecular weight excluding hydrogens is 442 g/mol. The van der Waals surface area contributed by atoms with Crippen LogP contribution in [-0.2, 0) is 16.1 Å². The molecule has 1 spiro atoms. The summed E-state index contributed by atoms with van der Waals surface area (Å²) < 4.78 is 11.3. The standard InChI is InChI=1S/C25H32ClN3O4/c1-18(2)16-28-23(30)25(29(24(28)31)14-15-32-3)10-12-27(13-11-25)17-19-8-9-22(33-19)20-6-4-5-7-21(20)26/h4-9,18H,10-17H2,1-3H3. The van der Waals surface area contributed by atoms with Crippen molar-refractivity contribution in [1.82, 2.24) is 14.7 Å². The SMILES string of the molecule is COCCN1C(=O)N(CC(C)C)C(=O)C12CCN(Cc1ccc(-c3ccccc3Cl)o1)CC2. The zero-order chi connectivity index (χ0) is 23.6. The summed E-state index contributed by atoms with van der Waals surface area (Å²) in [5.74, 6) is 1.77. The molecule has 0 atom stereocenters. The van der Waals surface area contributed by atoms with Crippen molar-refractivity contribution >= 4 is 23.5 Å².